The number of aryl methyl sites for hydroxylation is 1. The number of para-hydroxylation sites is 1. The van der Waals surface area contributed by atoms with Gasteiger partial charge in [-0.1, -0.05) is 12.1 Å². The summed E-state index contributed by atoms with van der Waals surface area (Å²) in [5.74, 6) is -0.283. The molecular weight excluding hydrogens is 258 g/mol. The quantitative estimate of drug-likeness (QED) is 0.674. The van der Waals surface area contributed by atoms with E-state index in [1.54, 1.807) is 31.0 Å². The van der Waals surface area contributed by atoms with Gasteiger partial charge in [0.25, 0.3) is 11.6 Å². The SMILES string of the molecule is Cc1cccc(C(=O)N(C)C2CCCNC2)c1[N+](=O)[O-]. The van der Waals surface area contributed by atoms with E-state index >= 15 is 0 Å². The third-order valence-corrected chi connectivity index (χ3v) is 3.79. The minimum atomic E-state index is -0.477. The fourth-order valence-electron chi connectivity index (χ4n) is 2.59. The second-order valence-corrected chi connectivity index (χ2v) is 5.14. The Morgan fingerprint density at radius 2 is 2.25 bits per heavy atom. The number of hydrogen-bond donors (Lipinski definition) is 1. The van der Waals surface area contributed by atoms with Crippen LogP contribution in [0.4, 0.5) is 5.69 Å². The number of hydrogen-bond acceptors (Lipinski definition) is 4. The Balaban J connectivity index is 2.28. The molecule has 1 fully saturated rings. The summed E-state index contributed by atoms with van der Waals surface area (Å²) in [7, 11) is 1.71. The molecule has 0 aliphatic carbocycles. The van der Waals surface area contributed by atoms with Gasteiger partial charge >= 0.3 is 0 Å². The first-order chi connectivity index (χ1) is 9.52. The molecule has 1 unspecified atom stereocenters. The van der Waals surface area contributed by atoms with Crippen molar-refractivity contribution < 1.29 is 9.72 Å². The van der Waals surface area contributed by atoms with Gasteiger partial charge in [0.15, 0.2) is 0 Å². The van der Waals surface area contributed by atoms with E-state index in [-0.39, 0.29) is 23.2 Å². The molecule has 0 spiro atoms. The van der Waals surface area contributed by atoms with Crippen molar-refractivity contribution in [2.45, 2.75) is 25.8 Å². The summed E-state index contributed by atoms with van der Waals surface area (Å²) in [6, 6.07) is 4.95. The lowest BCUT2D eigenvalue weighted by molar-refractivity contribution is -0.385. The van der Waals surface area contributed by atoms with Crippen molar-refractivity contribution in [3.8, 4) is 0 Å². The molecule has 1 saturated heterocycles. The summed E-state index contributed by atoms with van der Waals surface area (Å²) >= 11 is 0. The first kappa shape index (κ1) is 14.5. The molecule has 2 rings (SSSR count). The normalized spacial score (nSPS) is 18.6. The number of carbonyl (C=O) groups is 1. The lowest BCUT2D eigenvalue weighted by Crippen LogP contribution is -2.46. The predicted molar refractivity (Wildman–Crippen MR) is 75.8 cm³/mol. The number of nitrogens with one attached hydrogen (secondary N) is 1. The van der Waals surface area contributed by atoms with Crippen molar-refractivity contribution in [2.24, 2.45) is 0 Å². The minimum Gasteiger partial charge on any atom is -0.337 e. The maximum Gasteiger partial charge on any atom is 0.285 e. The molecule has 1 aromatic rings. The number of benzene rings is 1. The molecule has 1 atom stereocenters. The Kier molecular flexibility index (Phi) is 4.34. The Morgan fingerprint density at radius 1 is 1.50 bits per heavy atom. The van der Waals surface area contributed by atoms with Crippen molar-refractivity contribution in [1.29, 1.82) is 0 Å². The van der Waals surface area contributed by atoms with Gasteiger partial charge in [0.2, 0.25) is 0 Å². The molecule has 0 bridgehead atoms. The number of nitro groups is 1. The van der Waals surface area contributed by atoms with E-state index in [0.717, 1.165) is 25.9 Å². The Morgan fingerprint density at radius 3 is 2.85 bits per heavy atom. The number of rotatable bonds is 3. The van der Waals surface area contributed by atoms with Crippen LogP contribution in [0, 0.1) is 17.0 Å². The molecule has 6 heteroatoms. The van der Waals surface area contributed by atoms with Crippen LogP contribution in [-0.4, -0.2) is 41.9 Å². The van der Waals surface area contributed by atoms with Crippen LogP contribution >= 0.6 is 0 Å². The molecular formula is C14H19N3O3. The van der Waals surface area contributed by atoms with E-state index < -0.39 is 4.92 Å². The number of carbonyl (C=O) groups excluding carboxylic acids is 1. The number of piperidine rings is 1. The zero-order chi connectivity index (χ0) is 14.7. The maximum absolute atomic E-state index is 12.5. The summed E-state index contributed by atoms with van der Waals surface area (Å²) in [4.78, 5) is 24.8. The van der Waals surface area contributed by atoms with Crippen LogP contribution in [0.1, 0.15) is 28.8 Å². The fourth-order valence-corrected chi connectivity index (χ4v) is 2.59. The van der Waals surface area contributed by atoms with Crippen LogP contribution in [0.5, 0.6) is 0 Å². The second-order valence-electron chi connectivity index (χ2n) is 5.14. The standard InChI is InChI=1S/C14H19N3O3/c1-10-5-3-7-12(13(10)17(19)20)14(18)16(2)11-6-4-8-15-9-11/h3,5,7,11,15H,4,6,8-9H2,1-2H3. The lowest BCUT2D eigenvalue weighted by atomic mass is 10.0. The first-order valence-electron chi connectivity index (χ1n) is 6.74. The average molecular weight is 277 g/mol. The molecule has 1 N–H and O–H groups in total. The monoisotopic (exact) mass is 277 g/mol. The van der Waals surface area contributed by atoms with Crippen molar-refractivity contribution in [2.75, 3.05) is 20.1 Å². The molecule has 1 aromatic carbocycles. The van der Waals surface area contributed by atoms with Gasteiger partial charge in [0.1, 0.15) is 5.56 Å². The van der Waals surface area contributed by atoms with Crippen LogP contribution in [-0.2, 0) is 0 Å². The van der Waals surface area contributed by atoms with E-state index in [4.69, 9.17) is 0 Å². The van der Waals surface area contributed by atoms with Gasteiger partial charge in [-0.25, -0.2) is 0 Å². The third kappa shape index (κ3) is 2.80. The largest absolute Gasteiger partial charge is 0.337 e. The van der Waals surface area contributed by atoms with Gasteiger partial charge in [-0.2, -0.15) is 0 Å². The summed E-state index contributed by atoms with van der Waals surface area (Å²) in [5.41, 5.74) is 0.590. The van der Waals surface area contributed by atoms with Crippen LogP contribution in [0.3, 0.4) is 0 Å². The van der Waals surface area contributed by atoms with Gasteiger partial charge in [0, 0.05) is 25.2 Å². The van der Waals surface area contributed by atoms with E-state index in [9.17, 15) is 14.9 Å². The van der Waals surface area contributed by atoms with Crippen molar-refractivity contribution in [3.63, 3.8) is 0 Å². The Labute approximate surface area is 117 Å². The Bertz CT molecular complexity index is 524. The third-order valence-electron chi connectivity index (χ3n) is 3.79. The van der Waals surface area contributed by atoms with E-state index in [2.05, 4.69) is 5.32 Å². The molecule has 0 saturated carbocycles. The molecule has 20 heavy (non-hydrogen) atoms. The average Bonchev–Trinajstić information content (AvgIpc) is 2.46. The summed E-state index contributed by atoms with van der Waals surface area (Å²) in [5, 5.41) is 14.4. The highest BCUT2D eigenvalue weighted by molar-refractivity contribution is 5.98. The van der Waals surface area contributed by atoms with Crippen molar-refractivity contribution in [1.82, 2.24) is 10.2 Å². The summed E-state index contributed by atoms with van der Waals surface area (Å²) in [6.07, 6.45) is 1.94. The number of nitro benzene ring substituents is 1. The highest BCUT2D eigenvalue weighted by Gasteiger charge is 2.28. The second kappa shape index (κ2) is 6.00. The van der Waals surface area contributed by atoms with Gasteiger partial charge in [-0.05, 0) is 32.4 Å². The van der Waals surface area contributed by atoms with Gasteiger partial charge in [-0.15, -0.1) is 0 Å². The molecule has 0 radical (unpaired) electrons. The highest BCUT2D eigenvalue weighted by Crippen LogP contribution is 2.25. The summed E-state index contributed by atoms with van der Waals surface area (Å²) < 4.78 is 0. The number of likely N-dealkylation sites (N-methyl/N-ethyl adjacent to an activating group) is 1. The zero-order valence-corrected chi connectivity index (χ0v) is 11.8. The maximum atomic E-state index is 12.5. The molecule has 0 aromatic heterocycles. The molecule has 6 nitrogen and oxygen atoms in total. The van der Waals surface area contributed by atoms with Crippen molar-refractivity contribution in [3.05, 3.63) is 39.4 Å². The van der Waals surface area contributed by atoms with E-state index in [1.165, 1.54) is 6.07 Å². The predicted octanol–water partition coefficient (Wildman–Crippen LogP) is 1.73. The highest BCUT2D eigenvalue weighted by atomic mass is 16.6. The molecule has 1 heterocycles. The fraction of sp³-hybridized carbons (Fsp3) is 0.500. The first-order valence-corrected chi connectivity index (χ1v) is 6.74. The van der Waals surface area contributed by atoms with Gasteiger partial charge in [-0.3, -0.25) is 14.9 Å². The van der Waals surface area contributed by atoms with Crippen LogP contribution in [0.15, 0.2) is 18.2 Å². The van der Waals surface area contributed by atoms with Crippen LogP contribution in [0.25, 0.3) is 0 Å². The number of amides is 1. The smallest absolute Gasteiger partial charge is 0.285 e. The van der Waals surface area contributed by atoms with Crippen LogP contribution < -0.4 is 5.32 Å². The topological polar surface area (TPSA) is 75.5 Å². The van der Waals surface area contributed by atoms with Gasteiger partial charge < -0.3 is 10.2 Å². The molecule has 1 aliphatic heterocycles. The number of nitrogens with zero attached hydrogens (tertiary/aromatic N) is 2. The Hall–Kier alpha value is -1.95. The molecule has 1 amide bonds. The van der Waals surface area contributed by atoms with Crippen LogP contribution in [0.2, 0.25) is 0 Å². The lowest BCUT2D eigenvalue weighted by Gasteiger charge is -2.31. The molecule has 108 valence electrons. The van der Waals surface area contributed by atoms with Gasteiger partial charge in [0.05, 0.1) is 4.92 Å². The van der Waals surface area contributed by atoms with E-state index in [1.807, 2.05) is 0 Å². The minimum absolute atomic E-state index is 0.0897. The van der Waals surface area contributed by atoms with E-state index in [0.29, 0.717) is 5.56 Å². The summed E-state index contributed by atoms with van der Waals surface area (Å²) in [6.45, 7) is 3.35. The van der Waals surface area contributed by atoms with Crippen molar-refractivity contribution >= 4 is 11.6 Å². The molecule has 1 aliphatic rings. The zero-order valence-electron chi connectivity index (χ0n) is 11.8.